The minimum absolute atomic E-state index is 0.00822. The molecule has 0 aliphatic carbocycles. The first kappa shape index (κ1) is 16.9. The highest BCUT2D eigenvalue weighted by molar-refractivity contribution is 5.75. The Kier molecular flexibility index (Phi) is 9.28. The molecule has 5 heteroatoms. The van der Waals surface area contributed by atoms with Crippen LogP contribution in [0, 0.1) is 11.8 Å². The second kappa shape index (κ2) is 9.88. The van der Waals surface area contributed by atoms with Gasteiger partial charge in [-0.3, -0.25) is 9.59 Å². The number of carboxylic acids is 1. The van der Waals surface area contributed by atoms with Gasteiger partial charge in [0.2, 0.25) is 5.91 Å². The van der Waals surface area contributed by atoms with E-state index in [0.717, 1.165) is 6.42 Å². The molecule has 0 saturated heterocycles. The van der Waals surface area contributed by atoms with Gasteiger partial charge in [0.05, 0.1) is 0 Å². The van der Waals surface area contributed by atoms with Crippen LogP contribution in [-0.2, 0) is 14.3 Å². The number of ether oxygens (including phenoxy) is 1. The highest BCUT2D eigenvalue weighted by Crippen LogP contribution is 2.14. The van der Waals surface area contributed by atoms with E-state index in [9.17, 15) is 9.59 Å². The highest BCUT2D eigenvalue weighted by atomic mass is 16.5. The van der Waals surface area contributed by atoms with Crippen LogP contribution in [0.3, 0.4) is 0 Å². The third-order valence-electron chi connectivity index (χ3n) is 2.61. The van der Waals surface area contributed by atoms with E-state index in [4.69, 9.17) is 9.84 Å². The Labute approximate surface area is 109 Å². The van der Waals surface area contributed by atoms with Crippen molar-refractivity contribution in [3.8, 4) is 0 Å². The largest absolute Gasteiger partial charge is 0.481 e. The minimum atomic E-state index is -0.811. The fourth-order valence-corrected chi connectivity index (χ4v) is 1.88. The molecule has 0 fully saturated rings. The molecule has 0 spiro atoms. The smallest absolute Gasteiger partial charge is 0.303 e. The molecule has 0 aromatic rings. The molecule has 0 aliphatic heterocycles. The number of hydrogen-bond acceptors (Lipinski definition) is 3. The van der Waals surface area contributed by atoms with Crippen molar-refractivity contribution in [1.82, 2.24) is 5.32 Å². The lowest BCUT2D eigenvalue weighted by Crippen LogP contribution is -2.31. The van der Waals surface area contributed by atoms with Crippen molar-refractivity contribution in [2.75, 3.05) is 20.3 Å². The van der Waals surface area contributed by atoms with Crippen LogP contribution in [-0.4, -0.2) is 37.2 Å². The molecule has 1 atom stereocenters. The summed E-state index contributed by atoms with van der Waals surface area (Å²) in [7, 11) is 1.60. The van der Waals surface area contributed by atoms with Gasteiger partial charge in [0.15, 0.2) is 0 Å². The van der Waals surface area contributed by atoms with Crippen LogP contribution in [0.5, 0.6) is 0 Å². The molecule has 0 radical (unpaired) electrons. The van der Waals surface area contributed by atoms with Gasteiger partial charge in [-0.05, 0) is 24.7 Å². The first-order valence-electron chi connectivity index (χ1n) is 6.43. The molecule has 0 aromatic carbocycles. The van der Waals surface area contributed by atoms with Crippen molar-refractivity contribution in [2.24, 2.45) is 11.8 Å². The first-order chi connectivity index (χ1) is 8.45. The van der Waals surface area contributed by atoms with Gasteiger partial charge in [0, 0.05) is 33.1 Å². The quantitative estimate of drug-likeness (QED) is 0.585. The minimum Gasteiger partial charge on any atom is -0.481 e. The van der Waals surface area contributed by atoms with Crippen molar-refractivity contribution in [2.45, 2.75) is 39.5 Å². The van der Waals surface area contributed by atoms with Crippen molar-refractivity contribution in [3.63, 3.8) is 0 Å². The number of nitrogens with one attached hydrogen (secondary N) is 1. The zero-order valence-corrected chi connectivity index (χ0v) is 11.6. The van der Waals surface area contributed by atoms with Gasteiger partial charge < -0.3 is 15.2 Å². The molecule has 0 rings (SSSR count). The van der Waals surface area contributed by atoms with Crippen molar-refractivity contribution in [3.05, 3.63) is 0 Å². The molecule has 0 bridgehead atoms. The van der Waals surface area contributed by atoms with Gasteiger partial charge >= 0.3 is 5.97 Å². The third kappa shape index (κ3) is 10.1. The van der Waals surface area contributed by atoms with Gasteiger partial charge in [0.25, 0.3) is 0 Å². The van der Waals surface area contributed by atoms with Gasteiger partial charge in [0.1, 0.15) is 0 Å². The maximum atomic E-state index is 11.5. The number of rotatable bonds is 10. The summed E-state index contributed by atoms with van der Waals surface area (Å²) in [5, 5.41) is 11.6. The normalized spacial score (nSPS) is 12.4. The molecule has 106 valence electrons. The fourth-order valence-electron chi connectivity index (χ4n) is 1.88. The summed E-state index contributed by atoms with van der Waals surface area (Å²) in [6.45, 7) is 5.11. The lowest BCUT2D eigenvalue weighted by atomic mass is 9.94. The standard InChI is InChI=1S/C13H25NO4/c1-10(2)7-11(8-13(16)17)9-14-12(15)5-4-6-18-3/h10-11H,4-9H2,1-3H3,(H,14,15)(H,16,17)/t11-/m0/s1. The third-order valence-corrected chi connectivity index (χ3v) is 2.61. The number of amides is 1. The van der Waals surface area contributed by atoms with Crippen molar-refractivity contribution >= 4 is 11.9 Å². The number of aliphatic carboxylic acids is 1. The maximum Gasteiger partial charge on any atom is 0.303 e. The predicted octanol–water partition coefficient (Wildman–Crippen LogP) is 1.67. The molecule has 0 unspecified atom stereocenters. The Balaban J connectivity index is 3.93. The molecular weight excluding hydrogens is 234 g/mol. The lowest BCUT2D eigenvalue weighted by molar-refractivity contribution is -0.138. The number of hydrogen-bond donors (Lipinski definition) is 2. The Morgan fingerprint density at radius 1 is 1.33 bits per heavy atom. The number of carboxylic acid groups (broad SMARTS) is 1. The van der Waals surface area contributed by atoms with Crippen LogP contribution in [0.2, 0.25) is 0 Å². The molecule has 5 nitrogen and oxygen atoms in total. The Morgan fingerprint density at radius 2 is 2.00 bits per heavy atom. The molecule has 0 aromatic heterocycles. The molecule has 0 heterocycles. The van der Waals surface area contributed by atoms with Gasteiger partial charge in [-0.2, -0.15) is 0 Å². The van der Waals surface area contributed by atoms with Crippen LogP contribution in [0.15, 0.2) is 0 Å². The van der Waals surface area contributed by atoms with Crippen LogP contribution < -0.4 is 5.32 Å². The summed E-state index contributed by atoms with van der Waals surface area (Å²) >= 11 is 0. The molecule has 2 N–H and O–H groups in total. The summed E-state index contributed by atoms with van der Waals surface area (Å²) in [6.07, 6.45) is 2.03. The summed E-state index contributed by atoms with van der Waals surface area (Å²) in [5.74, 6) is -0.408. The predicted molar refractivity (Wildman–Crippen MR) is 69.3 cm³/mol. The van der Waals surface area contributed by atoms with E-state index in [0.29, 0.717) is 31.9 Å². The second-order valence-corrected chi connectivity index (χ2v) is 4.99. The van der Waals surface area contributed by atoms with E-state index >= 15 is 0 Å². The zero-order valence-electron chi connectivity index (χ0n) is 11.6. The summed E-state index contributed by atoms with van der Waals surface area (Å²) in [6, 6.07) is 0. The van der Waals surface area contributed by atoms with Crippen LogP contribution in [0.1, 0.15) is 39.5 Å². The SMILES string of the molecule is COCCCC(=O)NC[C@H](CC(=O)O)CC(C)C. The van der Waals surface area contributed by atoms with E-state index in [2.05, 4.69) is 19.2 Å². The fraction of sp³-hybridized carbons (Fsp3) is 0.846. The lowest BCUT2D eigenvalue weighted by Gasteiger charge is -2.17. The van der Waals surface area contributed by atoms with E-state index < -0.39 is 5.97 Å². The molecule has 0 aliphatic rings. The van der Waals surface area contributed by atoms with Gasteiger partial charge in [-0.1, -0.05) is 13.8 Å². The Hall–Kier alpha value is -1.10. The first-order valence-corrected chi connectivity index (χ1v) is 6.43. The Bertz CT molecular complexity index is 253. The second-order valence-electron chi connectivity index (χ2n) is 4.99. The Morgan fingerprint density at radius 3 is 2.50 bits per heavy atom. The molecule has 18 heavy (non-hydrogen) atoms. The number of carbonyl (C=O) groups is 2. The van der Waals surface area contributed by atoms with E-state index in [1.807, 2.05) is 0 Å². The van der Waals surface area contributed by atoms with Crippen molar-refractivity contribution in [1.29, 1.82) is 0 Å². The van der Waals surface area contributed by atoms with Crippen LogP contribution in [0.4, 0.5) is 0 Å². The average molecular weight is 259 g/mol. The van der Waals surface area contributed by atoms with E-state index in [-0.39, 0.29) is 18.2 Å². The van der Waals surface area contributed by atoms with E-state index in [1.165, 1.54) is 0 Å². The van der Waals surface area contributed by atoms with Gasteiger partial charge in [-0.25, -0.2) is 0 Å². The molecule has 1 amide bonds. The van der Waals surface area contributed by atoms with Crippen LogP contribution in [0.25, 0.3) is 0 Å². The van der Waals surface area contributed by atoms with Crippen molar-refractivity contribution < 1.29 is 19.4 Å². The molecule has 0 saturated carbocycles. The summed E-state index contributed by atoms with van der Waals surface area (Å²) < 4.78 is 4.87. The summed E-state index contributed by atoms with van der Waals surface area (Å²) in [4.78, 5) is 22.2. The van der Waals surface area contributed by atoms with Crippen LogP contribution >= 0.6 is 0 Å². The number of carbonyl (C=O) groups excluding carboxylic acids is 1. The number of methoxy groups -OCH3 is 1. The molecular formula is C13H25NO4. The van der Waals surface area contributed by atoms with Gasteiger partial charge in [-0.15, -0.1) is 0 Å². The summed E-state index contributed by atoms with van der Waals surface area (Å²) in [5.41, 5.74) is 0. The highest BCUT2D eigenvalue weighted by Gasteiger charge is 2.15. The monoisotopic (exact) mass is 259 g/mol. The average Bonchev–Trinajstić information content (AvgIpc) is 2.25. The topological polar surface area (TPSA) is 75.6 Å². The van der Waals surface area contributed by atoms with E-state index in [1.54, 1.807) is 7.11 Å². The maximum absolute atomic E-state index is 11.5. The zero-order chi connectivity index (χ0) is 14.0.